The Morgan fingerprint density at radius 1 is 1.17 bits per heavy atom. The molecule has 0 saturated heterocycles. The van der Waals surface area contributed by atoms with E-state index in [-0.39, 0.29) is 31.1 Å². The fraction of sp³-hybridized carbons (Fsp3) is 0.143. The Morgan fingerprint density at radius 2 is 1.58 bits per heavy atom. The summed E-state index contributed by atoms with van der Waals surface area (Å²) in [7, 11) is -4.02. The van der Waals surface area contributed by atoms with Crippen molar-refractivity contribution in [1.29, 1.82) is 0 Å². The average Bonchev–Trinajstić information content (AvgIpc) is 1.86. The first-order valence-electron chi connectivity index (χ1n) is 3.04. The van der Waals surface area contributed by atoms with Gasteiger partial charge in [0.15, 0.2) is 0 Å². The Bertz CT molecular complexity index is 341. The van der Waals surface area contributed by atoms with E-state index in [1.54, 1.807) is 12.1 Å². The van der Waals surface area contributed by atoms with Crippen molar-refractivity contribution in [3.63, 3.8) is 0 Å². The van der Waals surface area contributed by atoms with Crippen LogP contribution in [0.4, 0.5) is 0 Å². The molecule has 0 aromatic heterocycles. The van der Waals surface area contributed by atoms with Gasteiger partial charge in [-0.3, -0.25) is 4.55 Å². The monoisotopic (exact) mass is 384 g/mol. The van der Waals surface area contributed by atoms with Crippen LogP contribution < -0.4 is 0 Å². The molecule has 1 N–H and O–H groups in total. The second-order valence-corrected chi connectivity index (χ2v) is 3.71. The van der Waals surface area contributed by atoms with E-state index < -0.39 is 10.1 Å². The number of hydrogen-bond acceptors (Lipinski definition) is 2. The van der Waals surface area contributed by atoms with Crippen LogP contribution in [0.25, 0.3) is 0 Å². The van der Waals surface area contributed by atoms with Crippen molar-refractivity contribution >= 4 is 36.3 Å². The molecule has 0 fully saturated rings. The van der Waals surface area contributed by atoms with Gasteiger partial charge in [0.25, 0.3) is 10.1 Å². The van der Waals surface area contributed by atoms with Gasteiger partial charge in [-0.1, -0.05) is 17.7 Å². The molecule has 0 saturated carbocycles. The second-order valence-electron chi connectivity index (χ2n) is 2.29. The van der Waals surface area contributed by atoms with Crippen LogP contribution in [0.15, 0.2) is 29.2 Å². The molecule has 0 aliphatic rings. The minimum atomic E-state index is -4.02. The quantitative estimate of drug-likeness (QED) is 0.551. The number of hydrogen-bond donors (Lipinski definition) is 1. The molecule has 0 bridgehead atoms. The predicted octanol–water partition coefficient (Wildman–Crippen LogP) is 0.0578. The molecular formula is C7H11BiO3S. The first-order chi connectivity index (χ1) is 5.00. The van der Waals surface area contributed by atoms with E-state index in [2.05, 4.69) is 0 Å². The van der Waals surface area contributed by atoms with Gasteiger partial charge in [-0.25, -0.2) is 0 Å². The molecule has 12 heavy (non-hydrogen) atoms. The molecule has 0 radical (unpaired) electrons. The summed E-state index contributed by atoms with van der Waals surface area (Å²) in [6.07, 6.45) is 0. The topological polar surface area (TPSA) is 54.4 Å². The van der Waals surface area contributed by atoms with Crippen molar-refractivity contribution in [2.45, 2.75) is 11.8 Å². The zero-order valence-electron chi connectivity index (χ0n) is 6.69. The van der Waals surface area contributed by atoms with Crippen LogP contribution in [-0.4, -0.2) is 39.2 Å². The maximum absolute atomic E-state index is 10.5. The van der Waals surface area contributed by atoms with E-state index in [1.165, 1.54) is 12.1 Å². The Labute approximate surface area is 90.7 Å². The summed E-state index contributed by atoms with van der Waals surface area (Å²) < 4.78 is 29.6. The van der Waals surface area contributed by atoms with E-state index >= 15 is 0 Å². The molecule has 0 aliphatic heterocycles. The van der Waals surface area contributed by atoms with Gasteiger partial charge in [0.05, 0.1) is 4.90 Å². The van der Waals surface area contributed by atoms with Gasteiger partial charge < -0.3 is 0 Å². The van der Waals surface area contributed by atoms with Gasteiger partial charge in [-0.15, -0.1) is 0 Å². The summed E-state index contributed by atoms with van der Waals surface area (Å²) in [5.74, 6) is 0. The maximum atomic E-state index is 10.5. The van der Waals surface area contributed by atoms with Crippen molar-refractivity contribution < 1.29 is 13.0 Å². The summed E-state index contributed by atoms with van der Waals surface area (Å²) in [5.41, 5.74) is 0.956. The van der Waals surface area contributed by atoms with E-state index in [4.69, 9.17) is 4.55 Å². The summed E-state index contributed by atoms with van der Waals surface area (Å²) in [5, 5.41) is 0. The van der Waals surface area contributed by atoms with Gasteiger partial charge in [-0.2, -0.15) is 8.42 Å². The number of rotatable bonds is 1. The molecule has 68 valence electrons. The Kier molecular flexibility index (Phi) is 4.31. The molecular weight excluding hydrogens is 373 g/mol. The molecule has 0 spiro atoms. The van der Waals surface area contributed by atoms with E-state index in [0.717, 1.165) is 5.56 Å². The molecule has 5 heteroatoms. The summed E-state index contributed by atoms with van der Waals surface area (Å²) >= 11 is 0. The summed E-state index contributed by atoms with van der Waals surface area (Å²) in [4.78, 5) is -0.0666. The number of benzene rings is 1. The molecule has 1 rings (SSSR count). The molecule has 0 aliphatic carbocycles. The van der Waals surface area contributed by atoms with Crippen molar-refractivity contribution in [1.82, 2.24) is 0 Å². The first kappa shape index (κ1) is 12.0. The van der Waals surface area contributed by atoms with Crippen LogP contribution in [0.1, 0.15) is 5.56 Å². The van der Waals surface area contributed by atoms with Crippen LogP contribution in [0.3, 0.4) is 0 Å². The van der Waals surface area contributed by atoms with E-state index in [1.807, 2.05) is 6.92 Å². The fourth-order valence-corrected chi connectivity index (χ4v) is 1.19. The van der Waals surface area contributed by atoms with Gasteiger partial charge in [0, 0.05) is 0 Å². The standard InChI is InChI=1S/C7H8O3S.Bi.3H/c1-6-2-4-7(5-3-6)11(8,9)10;;;;/h2-5H,1H3,(H,8,9,10);;;;. The Balaban J connectivity index is 0.00000121. The van der Waals surface area contributed by atoms with Gasteiger partial charge in [-0.05, 0) is 19.1 Å². The number of aryl methyl sites for hydroxylation is 1. The zero-order chi connectivity index (χ0) is 8.48. The SMILES string of the molecule is Cc1ccc(S(=O)(=O)O)cc1.[BiH3]. The minimum absolute atomic E-state index is 0. The van der Waals surface area contributed by atoms with Gasteiger partial charge in [0.1, 0.15) is 0 Å². The molecule has 0 atom stereocenters. The van der Waals surface area contributed by atoms with Crippen LogP contribution in [0, 0.1) is 6.92 Å². The first-order valence-corrected chi connectivity index (χ1v) is 4.48. The van der Waals surface area contributed by atoms with Crippen LogP contribution in [0.5, 0.6) is 0 Å². The predicted molar refractivity (Wildman–Crippen MR) is 50.9 cm³/mol. The van der Waals surface area contributed by atoms with Gasteiger partial charge >= 0.3 is 26.2 Å². The van der Waals surface area contributed by atoms with E-state index in [0.29, 0.717) is 0 Å². The van der Waals surface area contributed by atoms with Crippen molar-refractivity contribution in [3.05, 3.63) is 29.8 Å². The molecule has 1 aromatic carbocycles. The van der Waals surface area contributed by atoms with Crippen LogP contribution in [0.2, 0.25) is 0 Å². The van der Waals surface area contributed by atoms with Gasteiger partial charge in [0.2, 0.25) is 0 Å². The van der Waals surface area contributed by atoms with Crippen LogP contribution >= 0.6 is 0 Å². The molecule has 0 amide bonds. The summed E-state index contributed by atoms with van der Waals surface area (Å²) in [6.45, 7) is 1.84. The molecule has 1 aromatic rings. The van der Waals surface area contributed by atoms with Crippen LogP contribution in [-0.2, 0) is 10.1 Å². The third-order valence-electron chi connectivity index (χ3n) is 1.32. The molecule has 3 nitrogen and oxygen atoms in total. The van der Waals surface area contributed by atoms with Crippen molar-refractivity contribution in [3.8, 4) is 0 Å². The third kappa shape index (κ3) is 3.17. The zero-order valence-corrected chi connectivity index (χ0v) is 13.0. The summed E-state index contributed by atoms with van der Waals surface area (Å²) in [6, 6.07) is 5.99. The third-order valence-corrected chi connectivity index (χ3v) is 2.19. The fourth-order valence-electron chi connectivity index (χ4n) is 0.710. The van der Waals surface area contributed by atoms with Crippen molar-refractivity contribution in [2.24, 2.45) is 0 Å². The normalized spacial score (nSPS) is 10.5. The van der Waals surface area contributed by atoms with E-state index in [9.17, 15) is 8.42 Å². The Morgan fingerprint density at radius 3 is 1.92 bits per heavy atom. The Hall–Kier alpha value is 0.0131. The second kappa shape index (κ2) is 4.31. The average molecular weight is 384 g/mol. The molecule has 0 unspecified atom stereocenters. The van der Waals surface area contributed by atoms with Crippen molar-refractivity contribution in [2.75, 3.05) is 0 Å². The molecule has 0 heterocycles.